The first-order valence-electron chi connectivity index (χ1n) is 6.94. The van der Waals surface area contributed by atoms with Gasteiger partial charge in [0.1, 0.15) is 11.3 Å². The summed E-state index contributed by atoms with van der Waals surface area (Å²) in [5.41, 5.74) is -0.829. The van der Waals surface area contributed by atoms with Crippen LogP contribution in [0.4, 0.5) is 13.2 Å². The number of methoxy groups -OCH3 is 1. The maximum Gasteiger partial charge on any atom is 0.410 e. The van der Waals surface area contributed by atoms with Crippen LogP contribution in [-0.2, 0) is 12.0 Å². The molecule has 1 unspecified atom stereocenters. The van der Waals surface area contributed by atoms with E-state index in [1.54, 1.807) is 18.2 Å². The van der Waals surface area contributed by atoms with Gasteiger partial charge in [-0.15, -0.1) is 0 Å². The molecule has 0 aliphatic heterocycles. The number of hydrogen-bond donors (Lipinski definition) is 1. The van der Waals surface area contributed by atoms with Crippen LogP contribution in [0.2, 0.25) is 0 Å². The van der Waals surface area contributed by atoms with Crippen molar-refractivity contribution in [1.29, 1.82) is 0 Å². The number of rotatable bonds is 4. The molecule has 0 aromatic heterocycles. The van der Waals surface area contributed by atoms with E-state index in [4.69, 9.17) is 4.74 Å². The molecule has 112 valence electrons. The molecule has 1 atom stereocenters. The fourth-order valence-corrected chi connectivity index (χ4v) is 2.92. The summed E-state index contributed by atoms with van der Waals surface area (Å²) in [6.45, 7) is 2.22. The number of fused-ring (bicyclic) bond motifs is 1. The van der Waals surface area contributed by atoms with Crippen LogP contribution in [0.5, 0.6) is 5.75 Å². The summed E-state index contributed by atoms with van der Waals surface area (Å²) in [6, 6.07) is 4.89. The van der Waals surface area contributed by atoms with E-state index in [1.807, 2.05) is 6.92 Å². The van der Waals surface area contributed by atoms with Crippen molar-refractivity contribution in [3.63, 3.8) is 0 Å². The van der Waals surface area contributed by atoms with Gasteiger partial charge in [0.05, 0.1) is 7.11 Å². The van der Waals surface area contributed by atoms with Gasteiger partial charge in [0.15, 0.2) is 0 Å². The van der Waals surface area contributed by atoms with Crippen molar-refractivity contribution in [2.45, 2.75) is 44.3 Å². The van der Waals surface area contributed by atoms with Gasteiger partial charge >= 0.3 is 6.18 Å². The zero-order valence-corrected chi connectivity index (χ0v) is 11.8. The molecule has 0 bridgehead atoms. The van der Waals surface area contributed by atoms with Gasteiger partial charge in [-0.3, -0.25) is 5.32 Å². The first kappa shape index (κ1) is 15.2. The highest BCUT2D eigenvalue weighted by molar-refractivity contribution is 5.42. The van der Waals surface area contributed by atoms with Crippen LogP contribution in [0.15, 0.2) is 18.2 Å². The lowest BCUT2D eigenvalue weighted by atomic mass is 9.75. The van der Waals surface area contributed by atoms with Gasteiger partial charge in [-0.2, -0.15) is 13.2 Å². The lowest BCUT2D eigenvalue weighted by Gasteiger charge is -2.41. The van der Waals surface area contributed by atoms with Crippen molar-refractivity contribution in [2.24, 2.45) is 0 Å². The third kappa shape index (κ3) is 2.51. The first-order valence-corrected chi connectivity index (χ1v) is 6.94. The normalized spacial score (nSPS) is 22.4. The second-order valence-electron chi connectivity index (χ2n) is 5.21. The average molecular weight is 287 g/mol. The fourth-order valence-electron chi connectivity index (χ4n) is 2.92. The number of alkyl halides is 3. The monoisotopic (exact) mass is 287 g/mol. The molecule has 5 heteroatoms. The van der Waals surface area contributed by atoms with Crippen LogP contribution in [0, 0.1) is 0 Å². The Kier molecular flexibility index (Phi) is 4.28. The highest BCUT2D eigenvalue weighted by atomic mass is 19.4. The molecule has 0 radical (unpaired) electrons. The van der Waals surface area contributed by atoms with Crippen LogP contribution in [-0.4, -0.2) is 19.8 Å². The standard InChI is InChI=1S/C15H20F3NO/c1-3-9-19-14(15(16,17)18)8-4-5-11-10-12(20-2)6-7-13(11)14/h6-7,10,19H,3-5,8-9H2,1-2H3. The number of hydrogen-bond acceptors (Lipinski definition) is 2. The van der Waals surface area contributed by atoms with E-state index in [9.17, 15) is 13.2 Å². The Morgan fingerprint density at radius 3 is 2.70 bits per heavy atom. The molecule has 0 heterocycles. The van der Waals surface area contributed by atoms with E-state index in [1.165, 1.54) is 7.11 Å². The number of ether oxygens (including phenoxy) is 1. The Morgan fingerprint density at radius 2 is 2.10 bits per heavy atom. The maximum atomic E-state index is 13.7. The largest absolute Gasteiger partial charge is 0.497 e. The van der Waals surface area contributed by atoms with Crippen LogP contribution in [0.3, 0.4) is 0 Å². The van der Waals surface area contributed by atoms with E-state index >= 15 is 0 Å². The average Bonchev–Trinajstić information content (AvgIpc) is 2.43. The first-order chi connectivity index (χ1) is 9.44. The van der Waals surface area contributed by atoms with Crippen LogP contribution in [0.1, 0.15) is 37.3 Å². The van der Waals surface area contributed by atoms with E-state index in [2.05, 4.69) is 5.32 Å². The fraction of sp³-hybridized carbons (Fsp3) is 0.600. The predicted octanol–water partition coefficient (Wildman–Crippen LogP) is 3.79. The summed E-state index contributed by atoms with van der Waals surface area (Å²) in [6.07, 6.45) is -2.35. The van der Waals surface area contributed by atoms with Crippen molar-refractivity contribution in [1.82, 2.24) is 5.32 Å². The molecule has 0 saturated carbocycles. The highest BCUT2D eigenvalue weighted by Gasteiger charge is 2.56. The number of halogens is 3. The summed E-state index contributed by atoms with van der Waals surface area (Å²) in [5.74, 6) is 0.609. The van der Waals surface area contributed by atoms with Gasteiger partial charge in [0, 0.05) is 0 Å². The van der Waals surface area contributed by atoms with Crippen LogP contribution >= 0.6 is 0 Å². The van der Waals surface area contributed by atoms with Crippen molar-refractivity contribution < 1.29 is 17.9 Å². The Bertz CT molecular complexity index is 473. The molecule has 1 aliphatic rings. The van der Waals surface area contributed by atoms with Crippen molar-refractivity contribution in [3.05, 3.63) is 29.3 Å². The molecule has 1 aromatic carbocycles. The third-order valence-corrected chi connectivity index (χ3v) is 3.93. The zero-order chi connectivity index (χ0) is 14.8. The molecule has 0 fully saturated rings. The molecule has 1 N–H and O–H groups in total. The summed E-state index contributed by atoms with van der Waals surface area (Å²) in [7, 11) is 1.52. The maximum absolute atomic E-state index is 13.7. The Hall–Kier alpha value is -1.23. The van der Waals surface area contributed by atoms with Gasteiger partial charge < -0.3 is 4.74 Å². The van der Waals surface area contributed by atoms with E-state index < -0.39 is 11.7 Å². The molecule has 0 amide bonds. The second-order valence-corrected chi connectivity index (χ2v) is 5.21. The Morgan fingerprint density at radius 1 is 1.35 bits per heavy atom. The minimum atomic E-state index is -4.30. The number of benzene rings is 1. The zero-order valence-electron chi connectivity index (χ0n) is 11.8. The highest BCUT2D eigenvalue weighted by Crippen LogP contribution is 2.47. The molecular formula is C15H20F3NO. The number of aryl methyl sites for hydroxylation is 1. The second kappa shape index (κ2) is 5.64. The summed E-state index contributed by atoms with van der Waals surface area (Å²) < 4.78 is 46.2. The van der Waals surface area contributed by atoms with E-state index in [-0.39, 0.29) is 6.42 Å². The lowest BCUT2D eigenvalue weighted by molar-refractivity contribution is -0.205. The summed E-state index contributed by atoms with van der Waals surface area (Å²) in [4.78, 5) is 0. The Balaban J connectivity index is 2.50. The lowest BCUT2D eigenvalue weighted by Crippen LogP contribution is -2.55. The SMILES string of the molecule is CCCNC1(C(F)(F)F)CCCc2cc(OC)ccc21. The van der Waals surface area contributed by atoms with E-state index in [0.717, 1.165) is 5.56 Å². The molecule has 20 heavy (non-hydrogen) atoms. The van der Waals surface area contributed by atoms with Gasteiger partial charge in [-0.1, -0.05) is 13.0 Å². The summed E-state index contributed by atoms with van der Waals surface area (Å²) in [5, 5.41) is 2.75. The summed E-state index contributed by atoms with van der Waals surface area (Å²) >= 11 is 0. The molecule has 2 nitrogen and oxygen atoms in total. The third-order valence-electron chi connectivity index (χ3n) is 3.93. The minimum absolute atomic E-state index is 0.0931. The quantitative estimate of drug-likeness (QED) is 0.909. The van der Waals surface area contributed by atoms with Gasteiger partial charge in [-0.05, 0) is 55.5 Å². The predicted molar refractivity (Wildman–Crippen MR) is 72.0 cm³/mol. The molecule has 1 aromatic rings. The van der Waals surface area contributed by atoms with Crippen molar-refractivity contribution in [3.8, 4) is 5.75 Å². The van der Waals surface area contributed by atoms with Crippen molar-refractivity contribution in [2.75, 3.05) is 13.7 Å². The molecule has 0 spiro atoms. The topological polar surface area (TPSA) is 21.3 Å². The Labute approximate surface area is 117 Å². The molecule has 0 saturated heterocycles. The molecule has 2 rings (SSSR count). The van der Waals surface area contributed by atoms with E-state index in [0.29, 0.717) is 37.1 Å². The van der Waals surface area contributed by atoms with Crippen molar-refractivity contribution >= 4 is 0 Å². The molecule has 1 aliphatic carbocycles. The van der Waals surface area contributed by atoms with Crippen LogP contribution < -0.4 is 10.1 Å². The smallest absolute Gasteiger partial charge is 0.410 e. The van der Waals surface area contributed by atoms with Gasteiger partial charge in [0.25, 0.3) is 0 Å². The van der Waals surface area contributed by atoms with Gasteiger partial charge in [-0.25, -0.2) is 0 Å². The number of nitrogens with one attached hydrogen (secondary N) is 1. The van der Waals surface area contributed by atoms with Gasteiger partial charge in [0.2, 0.25) is 0 Å². The minimum Gasteiger partial charge on any atom is -0.497 e. The molecular weight excluding hydrogens is 267 g/mol. The van der Waals surface area contributed by atoms with Crippen LogP contribution in [0.25, 0.3) is 0 Å².